The molecule has 0 unspecified atom stereocenters. The van der Waals surface area contributed by atoms with Crippen LogP contribution in [0.2, 0.25) is 0 Å². The number of carbonyl (C=O) groups is 1. The second-order valence-electron chi connectivity index (χ2n) is 6.60. The first kappa shape index (κ1) is 14.1. The molecule has 6 heteroatoms. The Balaban J connectivity index is 2.01. The van der Waals surface area contributed by atoms with Gasteiger partial charge in [-0.2, -0.15) is 0 Å². The maximum atomic E-state index is 12.1. The highest BCUT2D eigenvalue weighted by Gasteiger charge is 2.37. The van der Waals surface area contributed by atoms with Crippen molar-refractivity contribution in [3.63, 3.8) is 0 Å². The van der Waals surface area contributed by atoms with Crippen LogP contribution in [0.15, 0.2) is 0 Å². The summed E-state index contributed by atoms with van der Waals surface area (Å²) in [6, 6.07) is 0. The lowest BCUT2D eigenvalue weighted by atomic mass is 10.1. The molecule has 0 spiro atoms. The van der Waals surface area contributed by atoms with Crippen molar-refractivity contribution in [3.05, 3.63) is 4.88 Å². The lowest BCUT2D eigenvalue weighted by Crippen LogP contribution is -2.28. The van der Waals surface area contributed by atoms with Crippen molar-refractivity contribution in [2.75, 3.05) is 17.6 Å². The molecular weight excluding hydrogens is 260 g/mol. The molecule has 1 saturated carbocycles. The van der Waals surface area contributed by atoms with Crippen molar-refractivity contribution in [2.45, 2.75) is 46.1 Å². The van der Waals surface area contributed by atoms with Crippen molar-refractivity contribution >= 4 is 28.2 Å². The largest absolute Gasteiger partial charge is 0.382 e. The molecule has 1 aliphatic rings. The average Bonchev–Trinajstić information content (AvgIpc) is 2.88. The van der Waals surface area contributed by atoms with Gasteiger partial charge in [-0.1, -0.05) is 18.3 Å². The highest BCUT2D eigenvalue weighted by molar-refractivity contribution is 7.18. The van der Waals surface area contributed by atoms with Crippen LogP contribution < -0.4 is 16.4 Å². The topological polar surface area (TPSA) is 80.0 Å². The normalized spacial score (nSPS) is 17.1. The number of thiazole rings is 1. The summed E-state index contributed by atoms with van der Waals surface area (Å²) < 4.78 is 0. The van der Waals surface area contributed by atoms with Gasteiger partial charge in [-0.25, -0.2) is 4.98 Å². The van der Waals surface area contributed by atoms with Crippen LogP contribution in [0.1, 0.15) is 50.2 Å². The second kappa shape index (κ2) is 4.67. The lowest BCUT2D eigenvalue weighted by molar-refractivity contribution is 0.0951. The highest BCUT2D eigenvalue weighted by Crippen LogP contribution is 2.44. The van der Waals surface area contributed by atoms with Gasteiger partial charge in [0.1, 0.15) is 10.7 Å². The van der Waals surface area contributed by atoms with Crippen LogP contribution in [0.4, 0.5) is 10.9 Å². The molecule has 1 aromatic heterocycles. The van der Waals surface area contributed by atoms with Crippen molar-refractivity contribution < 1.29 is 4.79 Å². The Kier molecular flexibility index (Phi) is 3.47. The van der Waals surface area contributed by atoms with E-state index in [0.29, 0.717) is 27.8 Å². The van der Waals surface area contributed by atoms with Crippen LogP contribution in [0, 0.1) is 5.41 Å². The summed E-state index contributed by atoms with van der Waals surface area (Å²) in [4.78, 5) is 16.8. The van der Waals surface area contributed by atoms with E-state index >= 15 is 0 Å². The fourth-order valence-corrected chi connectivity index (χ4v) is 2.64. The molecule has 0 aromatic carbocycles. The summed E-state index contributed by atoms with van der Waals surface area (Å²) in [5, 5.41) is 6.86. The van der Waals surface area contributed by atoms with Crippen LogP contribution >= 0.6 is 11.3 Å². The standard InChI is InChI=1S/C13H22N4OS/c1-12(2,3)17-11-16-9(14)8(19-11)10(18)15-7-13(4)5-6-13/h5-7,14H2,1-4H3,(H,15,18)(H,16,17). The van der Waals surface area contributed by atoms with Crippen LogP contribution in [0.25, 0.3) is 0 Å². The van der Waals surface area contributed by atoms with Gasteiger partial charge < -0.3 is 16.4 Å². The van der Waals surface area contributed by atoms with Gasteiger partial charge in [0, 0.05) is 12.1 Å². The Hall–Kier alpha value is -1.30. The number of rotatable bonds is 4. The Morgan fingerprint density at radius 2 is 2.11 bits per heavy atom. The minimum absolute atomic E-state index is 0.0977. The molecule has 5 nitrogen and oxygen atoms in total. The molecule has 0 saturated heterocycles. The van der Waals surface area contributed by atoms with E-state index in [9.17, 15) is 4.79 Å². The summed E-state index contributed by atoms with van der Waals surface area (Å²) >= 11 is 1.31. The first-order valence-electron chi connectivity index (χ1n) is 6.51. The van der Waals surface area contributed by atoms with Crippen LogP contribution in [0.5, 0.6) is 0 Å². The fraction of sp³-hybridized carbons (Fsp3) is 0.692. The zero-order chi connectivity index (χ0) is 14.3. The number of nitrogens with zero attached hydrogens (tertiary/aromatic N) is 1. The van der Waals surface area contributed by atoms with E-state index in [1.165, 1.54) is 24.2 Å². The number of hydrogen-bond donors (Lipinski definition) is 3. The predicted molar refractivity (Wildman–Crippen MR) is 79.6 cm³/mol. The van der Waals surface area contributed by atoms with Gasteiger partial charge in [-0.3, -0.25) is 4.79 Å². The van der Waals surface area contributed by atoms with Crippen LogP contribution in [0.3, 0.4) is 0 Å². The monoisotopic (exact) mass is 282 g/mol. The Morgan fingerprint density at radius 3 is 2.63 bits per heavy atom. The number of nitrogens with one attached hydrogen (secondary N) is 2. The molecule has 1 heterocycles. The van der Waals surface area contributed by atoms with Crippen molar-refractivity contribution in [1.29, 1.82) is 0 Å². The van der Waals surface area contributed by atoms with Gasteiger partial charge >= 0.3 is 0 Å². The maximum Gasteiger partial charge on any atom is 0.265 e. The molecule has 106 valence electrons. The van der Waals surface area contributed by atoms with Gasteiger partial charge in [-0.05, 0) is 39.0 Å². The fourth-order valence-electron chi connectivity index (χ4n) is 1.63. The van der Waals surface area contributed by atoms with Crippen LogP contribution in [-0.2, 0) is 0 Å². The molecule has 0 radical (unpaired) electrons. The third-order valence-corrected chi connectivity index (χ3v) is 4.11. The molecule has 2 rings (SSSR count). The minimum Gasteiger partial charge on any atom is -0.382 e. The molecule has 0 bridgehead atoms. The molecule has 1 amide bonds. The lowest BCUT2D eigenvalue weighted by Gasteiger charge is -2.19. The number of nitrogens with two attached hydrogens (primary N) is 1. The zero-order valence-corrected chi connectivity index (χ0v) is 12.8. The molecule has 1 fully saturated rings. The van der Waals surface area contributed by atoms with E-state index in [0.717, 1.165) is 0 Å². The van der Waals surface area contributed by atoms with E-state index in [1.54, 1.807) is 0 Å². The first-order valence-corrected chi connectivity index (χ1v) is 7.33. The molecule has 4 N–H and O–H groups in total. The van der Waals surface area contributed by atoms with Crippen molar-refractivity contribution in [2.24, 2.45) is 5.41 Å². The number of anilines is 2. The number of nitrogen functional groups attached to an aromatic ring is 1. The molecule has 19 heavy (non-hydrogen) atoms. The number of amides is 1. The van der Waals surface area contributed by atoms with E-state index in [-0.39, 0.29) is 11.4 Å². The second-order valence-corrected chi connectivity index (χ2v) is 7.60. The first-order chi connectivity index (χ1) is 8.69. The highest BCUT2D eigenvalue weighted by atomic mass is 32.1. The van der Waals surface area contributed by atoms with Crippen LogP contribution in [-0.4, -0.2) is 23.0 Å². The van der Waals surface area contributed by atoms with E-state index in [2.05, 4.69) is 22.5 Å². The van der Waals surface area contributed by atoms with Gasteiger partial charge in [-0.15, -0.1) is 0 Å². The van der Waals surface area contributed by atoms with Gasteiger partial charge in [0.15, 0.2) is 5.13 Å². The number of aromatic nitrogens is 1. The maximum absolute atomic E-state index is 12.1. The van der Waals surface area contributed by atoms with Gasteiger partial charge in [0.2, 0.25) is 0 Å². The summed E-state index contributed by atoms with van der Waals surface area (Å²) in [7, 11) is 0. The average molecular weight is 282 g/mol. The smallest absolute Gasteiger partial charge is 0.265 e. The number of carbonyl (C=O) groups excluding carboxylic acids is 1. The molecule has 1 aliphatic carbocycles. The molecule has 0 atom stereocenters. The van der Waals surface area contributed by atoms with Gasteiger partial charge in [0.25, 0.3) is 5.91 Å². The number of hydrogen-bond acceptors (Lipinski definition) is 5. The third-order valence-electron chi connectivity index (χ3n) is 3.12. The summed E-state index contributed by atoms with van der Waals surface area (Å²) in [5.41, 5.74) is 6.01. The van der Waals surface area contributed by atoms with Crippen molar-refractivity contribution in [1.82, 2.24) is 10.3 Å². The third kappa shape index (κ3) is 3.83. The summed E-state index contributed by atoms with van der Waals surface area (Å²) in [5.74, 6) is 0.181. The van der Waals surface area contributed by atoms with E-state index < -0.39 is 0 Å². The predicted octanol–water partition coefficient (Wildman–Crippen LogP) is 2.47. The molecule has 1 aromatic rings. The quantitative estimate of drug-likeness (QED) is 0.792. The van der Waals surface area contributed by atoms with E-state index in [1.807, 2.05) is 20.8 Å². The molecular formula is C13H22N4OS. The molecule has 0 aliphatic heterocycles. The summed E-state index contributed by atoms with van der Waals surface area (Å²) in [6.07, 6.45) is 2.37. The summed E-state index contributed by atoms with van der Waals surface area (Å²) in [6.45, 7) is 9.01. The SMILES string of the molecule is CC1(CNC(=O)c2sc(NC(C)(C)C)nc2N)CC1. The van der Waals surface area contributed by atoms with Crippen molar-refractivity contribution in [3.8, 4) is 0 Å². The van der Waals surface area contributed by atoms with Gasteiger partial charge in [0.05, 0.1) is 0 Å². The Labute approximate surface area is 118 Å². The Bertz CT molecular complexity index is 485. The zero-order valence-electron chi connectivity index (χ0n) is 12.0. The Morgan fingerprint density at radius 1 is 1.47 bits per heavy atom. The minimum atomic E-state index is -0.120. The van der Waals surface area contributed by atoms with E-state index in [4.69, 9.17) is 5.73 Å².